The van der Waals surface area contributed by atoms with Crippen LogP contribution in [0.25, 0.3) is 0 Å². The van der Waals surface area contributed by atoms with Crippen LogP contribution in [0.4, 0.5) is 0 Å². The predicted octanol–water partition coefficient (Wildman–Crippen LogP) is 5.07. The van der Waals surface area contributed by atoms with Gasteiger partial charge in [0, 0.05) is 10.8 Å². The molecular weight excluding hydrogens is 239 g/mol. The smallest absolute Gasteiger partial charge is 0.0364 e. The molecule has 2 aliphatic carbocycles. The Morgan fingerprint density at radius 2 is 1.06 bits per heavy atom. The van der Waals surface area contributed by atoms with Gasteiger partial charge in [-0.1, -0.05) is 13.8 Å². The van der Waals surface area contributed by atoms with Crippen molar-refractivity contribution >= 4 is 23.2 Å². The molecule has 0 aromatic rings. The molecule has 0 aromatic heterocycles. The summed E-state index contributed by atoms with van der Waals surface area (Å²) in [6.45, 7) is 4.59. The summed E-state index contributed by atoms with van der Waals surface area (Å²) in [6.07, 6.45) is 7.85. The summed E-state index contributed by atoms with van der Waals surface area (Å²) in [6, 6.07) is 0. The zero-order chi connectivity index (χ0) is 11.7. The maximum atomic E-state index is 6.41. The normalized spacial score (nSPS) is 50.2. The average Bonchev–Trinajstić information content (AvgIpc) is 2.26. The molecule has 2 fully saturated rings. The van der Waals surface area contributed by atoms with Gasteiger partial charge < -0.3 is 0 Å². The molecule has 2 heteroatoms. The van der Waals surface area contributed by atoms with Crippen LogP contribution in [-0.4, -0.2) is 10.8 Å². The third-order valence-electron chi connectivity index (χ3n) is 4.94. The Balaban J connectivity index is 1.88. The molecule has 0 amide bonds. The average molecular weight is 263 g/mol. The van der Waals surface area contributed by atoms with Gasteiger partial charge in [0.25, 0.3) is 0 Å². The second-order valence-corrected chi connectivity index (χ2v) is 7.25. The summed E-state index contributed by atoms with van der Waals surface area (Å²) in [5, 5.41) is 0.818. The minimum atomic E-state index is 0.409. The quantitative estimate of drug-likeness (QED) is 0.579. The van der Waals surface area contributed by atoms with Crippen LogP contribution in [0.1, 0.15) is 52.4 Å². The number of hydrogen-bond acceptors (Lipinski definition) is 0. The molecule has 0 bridgehead atoms. The fraction of sp³-hybridized carbons (Fsp3) is 1.00. The van der Waals surface area contributed by atoms with Gasteiger partial charge in [-0.05, 0) is 62.2 Å². The Morgan fingerprint density at radius 3 is 1.38 bits per heavy atom. The highest BCUT2D eigenvalue weighted by molar-refractivity contribution is 6.21. The van der Waals surface area contributed by atoms with Crippen molar-refractivity contribution in [2.75, 3.05) is 0 Å². The lowest BCUT2D eigenvalue weighted by atomic mass is 9.69. The van der Waals surface area contributed by atoms with E-state index in [-0.39, 0.29) is 0 Å². The molecule has 0 aliphatic heterocycles. The Labute approximate surface area is 110 Å². The van der Waals surface area contributed by atoms with Crippen molar-refractivity contribution in [1.29, 1.82) is 0 Å². The van der Waals surface area contributed by atoms with Crippen molar-refractivity contribution in [3.8, 4) is 0 Å². The van der Waals surface area contributed by atoms with E-state index < -0.39 is 0 Å². The first kappa shape index (κ1) is 13.0. The highest BCUT2D eigenvalue weighted by atomic mass is 35.5. The summed E-state index contributed by atoms with van der Waals surface area (Å²) < 4.78 is 0. The Morgan fingerprint density at radius 1 is 0.688 bits per heavy atom. The summed E-state index contributed by atoms with van der Waals surface area (Å²) in [5.41, 5.74) is 0. The molecule has 0 aromatic carbocycles. The van der Waals surface area contributed by atoms with E-state index in [1.54, 1.807) is 0 Å². The van der Waals surface area contributed by atoms with Crippen LogP contribution in [0.2, 0.25) is 0 Å². The van der Waals surface area contributed by atoms with Gasteiger partial charge >= 0.3 is 0 Å². The monoisotopic (exact) mass is 262 g/mol. The molecule has 16 heavy (non-hydrogen) atoms. The topological polar surface area (TPSA) is 0 Å². The highest BCUT2D eigenvalue weighted by Crippen LogP contribution is 2.43. The molecule has 0 nitrogen and oxygen atoms in total. The molecule has 0 spiro atoms. The maximum Gasteiger partial charge on any atom is 0.0364 e. The second kappa shape index (κ2) is 5.48. The molecule has 2 rings (SSSR count). The Hall–Kier alpha value is 0.580. The van der Waals surface area contributed by atoms with Crippen molar-refractivity contribution in [1.82, 2.24) is 0 Å². The van der Waals surface area contributed by atoms with Crippen LogP contribution >= 0.6 is 23.2 Å². The van der Waals surface area contributed by atoms with Gasteiger partial charge in [0.05, 0.1) is 0 Å². The molecule has 94 valence electrons. The second-order valence-electron chi connectivity index (χ2n) is 6.13. The van der Waals surface area contributed by atoms with Gasteiger partial charge in [-0.25, -0.2) is 0 Å². The van der Waals surface area contributed by atoms with Crippen LogP contribution in [-0.2, 0) is 0 Å². The Kier molecular flexibility index (Phi) is 4.46. The van der Waals surface area contributed by atoms with E-state index in [0.717, 1.165) is 11.8 Å². The zero-order valence-corrected chi connectivity index (χ0v) is 12.0. The van der Waals surface area contributed by atoms with Crippen molar-refractivity contribution < 1.29 is 0 Å². The van der Waals surface area contributed by atoms with Crippen LogP contribution in [0.15, 0.2) is 0 Å². The highest BCUT2D eigenvalue weighted by Gasteiger charge is 2.35. The zero-order valence-electron chi connectivity index (χ0n) is 10.5. The van der Waals surface area contributed by atoms with E-state index in [9.17, 15) is 0 Å². The predicted molar refractivity (Wildman–Crippen MR) is 72.3 cm³/mol. The van der Waals surface area contributed by atoms with Crippen molar-refractivity contribution in [3.63, 3.8) is 0 Å². The fourth-order valence-corrected chi connectivity index (χ4v) is 4.16. The van der Waals surface area contributed by atoms with Gasteiger partial charge in [0.2, 0.25) is 0 Å². The van der Waals surface area contributed by atoms with E-state index >= 15 is 0 Å². The third kappa shape index (κ3) is 2.88. The van der Waals surface area contributed by atoms with Crippen LogP contribution < -0.4 is 0 Å². The summed E-state index contributed by atoms with van der Waals surface area (Å²) in [4.78, 5) is 0. The standard InChI is InChI=1S/C14H24Cl2/c1-9-3-5-11(7-13(9)15)12-6-4-10(2)14(16)8-12/h9-14H,3-8H2,1-2H3. The van der Waals surface area contributed by atoms with Gasteiger partial charge in [-0.15, -0.1) is 23.2 Å². The van der Waals surface area contributed by atoms with E-state index in [0.29, 0.717) is 22.6 Å². The van der Waals surface area contributed by atoms with Gasteiger partial charge in [0.15, 0.2) is 0 Å². The van der Waals surface area contributed by atoms with E-state index in [4.69, 9.17) is 23.2 Å². The van der Waals surface area contributed by atoms with Crippen LogP contribution in [0.5, 0.6) is 0 Å². The molecule has 2 saturated carbocycles. The number of halogens is 2. The van der Waals surface area contributed by atoms with E-state index in [1.165, 1.54) is 38.5 Å². The van der Waals surface area contributed by atoms with Gasteiger partial charge in [-0.2, -0.15) is 0 Å². The minimum Gasteiger partial charge on any atom is -0.123 e. The molecule has 0 radical (unpaired) electrons. The van der Waals surface area contributed by atoms with Crippen LogP contribution in [0.3, 0.4) is 0 Å². The fourth-order valence-electron chi connectivity index (χ4n) is 3.45. The van der Waals surface area contributed by atoms with Gasteiger partial charge in [-0.3, -0.25) is 0 Å². The lowest BCUT2D eigenvalue weighted by Crippen LogP contribution is -2.33. The number of rotatable bonds is 1. The van der Waals surface area contributed by atoms with E-state index in [1.807, 2.05) is 0 Å². The van der Waals surface area contributed by atoms with Crippen molar-refractivity contribution in [2.45, 2.75) is 63.1 Å². The van der Waals surface area contributed by atoms with Gasteiger partial charge in [0.1, 0.15) is 0 Å². The summed E-state index contributed by atoms with van der Waals surface area (Å²) in [7, 11) is 0. The van der Waals surface area contributed by atoms with Crippen molar-refractivity contribution in [3.05, 3.63) is 0 Å². The number of hydrogen-bond donors (Lipinski definition) is 0. The van der Waals surface area contributed by atoms with Crippen molar-refractivity contribution in [2.24, 2.45) is 23.7 Å². The number of alkyl halides is 2. The summed E-state index contributed by atoms with van der Waals surface area (Å²) >= 11 is 12.8. The molecular formula is C14H24Cl2. The largest absolute Gasteiger partial charge is 0.123 e. The molecule has 6 atom stereocenters. The first-order valence-electron chi connectivity index (χ1n) is 6.86. The molecule has 0 saturated heterocycles. The lowest BCUT2D eigenvalue weighted by Gasteiger charge is -2.40. The van der Waals surface area contributed by atoms with E-state index in [2.05, 4.69) is 13.8 Å². The molecule has 0 heterocycles. The third-order valence-corrected chi connectivity index (χ3v) is 6.16. The first-order chi connectivity index (χ1) is 7.58. The SMILES string of the molecule is CC1CCC(C2CCC(C)C(Cl)C2)CC1Cl. The molecule has 6 unspecified atom stereocenters. The Bertz CT molecular complexity index is 205. The maximum absolute atomic E-state index is 6.41. The molecule has 0 N–H and O–H groups in total. The first-order valence-corrected chi connectivity index (χ1v) is 7.73. The minimum absolute atomic E-state index is 0.409. The summed E-state index contributed by atoms with van der Waals surface area (Å²) in [5.74, 6) is 3.14. The lowest BCUT2D eigenvalue weighted by molar-refractivity contribution is 0.160. The van der Waals surface area contributed by atoms with Crippen LogP contribution in [0, 0.1) is 23.7 Å². The molecule has 2 aliphatic rings.